The van der Waals surface area contributed by atoms with Crippen molar-refractivity contribution in [2.45, 2.75) is 26.0 Å². The molecule has 2 aromatic carbocycles. The van der Waals surface area contributed by atoms with Crippen molar-refractivity contribution in [2.24, 2.45) is 0 Å². The molecule has 3 rings (SSSR count). The second kappa shape index (κ2) is 7.88. The summed E-state index contributed by atoms with van der Waals surface area (Å²) in [7, 11) is 1.42. The summed E-state index contributed by atoms with van der Waals surface area (Å²) in [5, 5.41) is 0.217. The molecule has 1 heterocycles. The molecule has 0 spiro atoms. The molecule has 0 bridgehead atoms. The number of hydrogen-bond acceptors (Lipinski definition) is 5. The molecule has 1 amide bonds. The van der Waals surface area contributed by atoms with E-state index in [9.17, 15) is 9.59 Å². The van der Waals surface area contributed by atoms with Crippen LogP contribution in [0.25, 0.3) is 0 Å². The normalized spacial score (nSPS) is 14.3. The Morgan fingerprint density at radius 1 is 1.22 bits per heavy atom. The third-order valence-electron chi connectivity index (χ3n) is 4.61. The standard InChI is InChI=1S/C20H21ClN2O4/c1-12(19(24)23-8-7-13-5-3-4-6-14(13)11-23)27-20(25)15-9-16(21)17(22)10-18(15)26-2/h3-6,9-10,12H,7-8,11,22H2,1-2H3/t12-/m0/s1. The van der Waals surface area contributed by atoms with Crippen LogP contribution in [0, 0.1) is 0 Å². The van der Waals surface area contributed by atoms with Crippen LogP contribution < -0.4 is 10.5 Å². The first-order valence-corrected chi connectivity index (χ1v) is 8.98. The molecule has 7 heteroatoms. The van der Waals surface area contributed by atoms with E-state index in [0.29, 0.717) is 18.8 Å². The van der Waals surface area contributed by atoms with Crippen LogP contribution >= 0.6 is 11.6 Å². The molecule has 27 heavy (non-hydrogen) atoms. The van der Waals surface area contributed by atoms with E-state index in [1.54, 1.807) is 11.8 Å². The molecule has 1 aliphatic rings. The van der Waals surface area contributed by atoms with Crippen molar-refractivity contribution >= 4 is 29.2 Å². The van der Waals surface area contributed by atoms with Crippen molar-refractivity contribution in [2.75, 3.05) is 19.4 Å². The zero-order valence-electron chi connectivity index (χ0n) is 15.2. The number of esters is 1. The van der Waals surface area contributed by atoms with Gasteiger partial charge in [0.05, 0.1) is 17.8 Å². The number of methoxy groups -OCH3 is 1. The summed E-state index contributed by atoms with van der Waals surface area (Å²) >= 11 is 5.99. The van der Waals surface area contributed by atoms with Gasteiger partial charge in [-0.05, 0) is 30.5 Å². The van der Waals surface area contributed by atoms with Crippen LogP contribution in [0.3, 0.4) is 0 Å². The number of fused-ring (bicyclic) bond motifs is 1. The molecule has 2 N–H and O–H groups in total. The van der Waals surface area contributed by atoms with Crippen LogP contribution in [0.2, 0.25) is 5.02 Å². The quantitative estimate of drug-likeness (QED) is 0.643. The van der Waals surface area contributed by atoms with Gasteiger partial charge in [-0.1, -0.05) is 35.9 Å². The lowest BCUT2D eigenvalue weighted by Gasteiger charge is -2.30. The topological polar surface area (TPSA) is 81.9 Å². The van der Waals surface area contributed by atoms with Gasteiger partial charge in [0.15, 0.2) is 6.10 Å². The molecule has 0 radical (unpaired) electrons. The first-order chi connectivity index (χ1) is 12.9. The molecule has 142 valence electrons. The molecule has 2 aromatic rings. The van der Waals surface area contributed by atoms with E-state index in [-0.39, 0.29) is 22.2 Å². The molecule has 1 aliphatic heterocycles. The number of ether oxygens (including phenoxy) is 2. The Morgan fingerprint density at radius 2 is 1.93 bits per heavy atom. The predicted octanol–water partition coefficient (Wildman–Crippen LogP) is 3.06. The van der Waals surface area contributed by atoms with Crippen molar-refractivity contribution in [3.05, 3.63) is 58.1 Å². The fraction of sp³-hybridized carbons (Fsp3) is 0.300. The van der Waals surface area contributed by atoms with Crippen LogP contribution in [0.15, 0.2) is 36.4 Å². The molecular formula is C20H21ClN2O4. The average molecular weight is 389 g/mol. The Kier molecular flexibility index (Phi) is 5.56. The number of carbonyl (C=O) groups excluding carboxylic acids is 2. The van der Waals surface area contributed by atoms with E-state index in [1.165, 1.54) is 24.8 Å². The van der Waals surface area contributed by atoms with Crippen molar-refractivity contribution < 1.29 is 19.1 Å². The highest BCUT2D eigenvalue weighted by atomic mass is 35.5. The molecule has 0 saturated carbocycles. The van der Waals surface area contributed by atoms with Gasteiger partial charge in [0.25, 0.3) is 5.91 Å². The zero-order valence-corrected chi connectivity index (χ0v) is 16.0. The number of hydrogen-bond donors (Lipinski definition) is 1. The molecule has 6 nitrogen and oxygen atoms in total. The minimum absolute atomic E-state index is 0.125. The number of nitrogen functional groups attached to an aromatic ring is 1. The largest absolute Gasteiger partial charge is 0.496 e. The number of anilines is 1. The highest BCUT2D eigenvalue weighted by Crippen LogP contribution is 2.29. The van der Waals surface area contributed by atoms with Crippen molar-refractivity contribution in [3.8, 4) is 5.75 Å². The number of amides is 1. The van der Waals surface area contributed by atoms with Crippen LogP contribution in [0.5, 0.6) is 5.75 Å². The number of rotatable bonds is 4. The summed E-state index contributed by atoms with van der Waals surface area (Å²) in [6.07, 6.45) is -0.145. The Morgan fingerprint density at radius 3 is 2.63 bits per heavy atom. The minimum Gasteiger partial charge on any atom is -0.496 e. The van der Waals surface area contributed by atoms with E-state index in [0.717, 1.165) is 12.0 Å². The Hall–Kier alpha value is -2.73. The highest BCUT2D eigenvalue weighted by molar-refractivity contribution is 6.33. The average Bonchev–Trinajstić information content (AvgIpc) is 2.68. The summed E-state index contributed by atoms with van der Waals surface area (Å²) in [6, 6.07) is 10.9. The highest BCUT2D eigenvalue weighted by Gasteiger charge is 2.28. The monoisotopic (exact) mass is 388 g/mol. The van der Waals surface area contributed by atoms with Crippen LogP contribution in [-0.4, -0.2) is 36.5 Å². The lowest BCUT2D eigenvalue weighted by atomic mass is 9.99. The SMILES string of the molecule is COc1cc(N)c(Cl)cc1C(=O)O[C@@H](C)C(=O)N1CCc2ccccc2C1. The Balaban J connectivity index is 1.70. The fourth-order valence-electron chi connectivity index (χ4n) is 3.11. The summed E-state index contributed by atoms with van der Waals surface area (Å²) < 4.78 is 10.5. The molecular weight excluding hydrogens is 368 g/mol. The summed E-state index contributed by atoms with van der Waals surface area (Å²) in [4.78, 5) is 26.9. The second-order valence-electron chi connectivity index (χ2n) is 6.40. The van der Waals surface area contributed by atoms with Gasteiger partial charge in [-0.15, -0.1) is 0 Å². The minimum atomic E-state index is -0.927. The summed E-state index contributed by atoms with van der Waals surface area (Å²) in [5.41, 5.74) is 8.50. The van der Waals surface area contributed by atoms with E-state index < -0.39 is 12.1 Å². The van der Waals surface area contributed by atoms with Crippen LogP contribution in [0.4, 0.5) is 5.69 Å². The number of benzene rings is 2. The van der Waals surface area contributed by atoms with E-state index in [4.69, 9.17) is 26.8 Å². The fourth-order valence-corrected chi connectivity index (χ4v) is 3.28. The third kappa shape index (κ3) is 4.01. The van der Waals surface area contributed by atoms with Gasteiger partial charge in [-0.3, -0.25) is 4.79 Å². The molecule has 1 atom stereocenters. The maximum atomic E-state index is 12.7. The van der Waals surface area contributed by atoms with E-state index in [1.807, 2.05) is 18.2 Å². The van der Waals surface area contributed by atoms with Crippen LogP contribution in [0.1, 0.15) is 28.4 Å². The molecule has 0 aromatic heterocycles. The van der Waals surface area contributed by atoms with Gasteiger partial charge >= 0.3 is 5.97 Å². The van der Waals surface area contributed by atoms with Crippen molar-refractivity contribution in [1.82, 2.24) is 4.90 Å². The molecule has 0 unspecified atom stereocenters. The maximum absolute atomic E-state index is 12.7. The van der Waals surface area contributed by atoms with Crippen molar-refractivity contribution in [1.29, 1.82) is 0 Å². The summed E-state index contributed by atoms with van der Waals surface area (Å²) in [6.45, 7) is 2.66. The van der Waals surface area contributed by atoms with Gasteiger partial charge in [0.2, 0.25) is 0 Å². The number of nitrogens with two attached hydrogens (primary N) is 1. The van der Waals surface area contributed by atoms with E-state index >= 15 is 0 Å². The zero-order chi connectivity index (χ0) is 19.6. The second-order valence-corrected chi connectivity index (χ2v) is 6.81. The number of carbonyl (C=O) groups is 2. The molecule has 0 aliphatic carbocycles. The van der Waals surface area contributed by atoms with Gasteiger partial charge in [0.1, 0.15) is 11.3 Å². The van der Waals surface area contributed by atoms with Crippen LogP contribution in [-0.2, 0) is 22.5 Å². The smallest absolute Gasteiger partial charge is 0.342 e. The van der Waals surface area contributed by atoms with Gasteiger partial charge in [0, 0.05) is 19.2 Å². The first kappa shape index (κ1) is 19.0. The number of halogens is 1. The Labute approximate surface area is 162 Å². The third-order valence-corrected chi connectivity index (χ3v) is 4.94. The predicted molar refractivity (Wildman–Crippen MR) is 103 cm³/mol. The maximum Gasteiger partial charge on any atom is 0.342 e. The van der Waals surface area contributed by atoms with Gasteiger partial charge in [-0.2, -0.15) is 0 Å². The van der Waals surface area contributed by atoms with Gasteiger partial charge in [-0.25, -0.2) is 4.79 Å². The lowest BCUT2D eigenvalue weighted by Crippen LogP contribution is -2.42. The summed E-state index contributed by atoms with van der Waals surface area (Å²) in [5.74, 6) is -0.682. The molecule has 0 saturated heterocycles. The first-order valence-electron chi connectivity index (χ1n) is 8.60. The lowest BCUT2D eigenvalue weighted by molar-refractivity contribution is -0.140. The van der Waals surface area contributed by atoms with Crippen molar-refractivity contribution in [3.63, 3.8) is 0 Å². The Bertz CT molecular complexity index is 884. The number of nitrogens with zero attached hydrogens (tertiary/aromatic N) is 1. The van der Waals surface area contributed by atoms with E-state index in [2.05, 4.69) is 6.07 Å². The molecule has 0 fully saturated rings. The van der Waals surface area contributed by atoms with Gasteiger partial charge < -0.3 is 20.1 Å².